The highest BCUT2D eigenvalue weighted by Crippen LogP contribution is 2.42. The molecule has 2 N–H and O–H groups in total. The van der Waals surface area contributed by atoms with Crippen molar-refractivity contribution in [1.82, 2.24) is 0 Å². The van der Waals surface area contributed by atoms with E-state index in [-0.39, 0.29) is 19.1 Å². The maximum absolute atomic E-state index is 13.4. The lowest BCUT2D eigenvalue weighted by atomic mass is 10.1. The minimum absolute atomic E-state index is 0.0922. The number of ether oxygens (including phenoxy) is 3. The summed E-state index contributed by atoms with van der Waals surface area (Å²) in [4.78, 5) is 0. The molecule has 1 aliphatic rings. The van der Waals surface area contributed by atoms with E-state index in [2.05, 4.69) is 0 Å². The molecule has 1 aliphatic heterocycles. The molecule has 0 atom stereocenters. The number of hydrogen-bond donors (Lipinski definition) is 1. The molecule has 0 spiro atoms. The van der Waals surface area contributed by atoms with E-state index >= 15 is 0 Å². The van der Waals surface area contributed by atoms with Gasteiger partial charge in [-0.05, 0) is 0 Å². The zero-order chi connectivity index (χ0) is 10.1. The smallest absolute Gasteiger partial charge is 0.231 e. The Balaban J connectivity index is 2.62. The quantitative estimate of drug-likeness (QED) is 0.772. The number of benzene rings is 1. The number of methoxy groups -OCH3 is 1. The van der Waals surface area contributed by atoms with Crippen molar-refractivity contribution in [2.24, 2.45) is 5.73 Å². The lowest BCUT2D eigenvalue weighted by molar-refractivity contribution is 0.173. The Kier molecular flexibility index (Phi) is 2.17. The van der Waals surface area contributed by atoms with Crippen molar-refractivity contribution < 1.29 is 18.6 Å². The van der Waals surface area contributed by atoms with Crippen LogP contribution in [0.25, 0.3) is 0 Å². The summed E-state index contributed by atoms with van der Waals surface area (Å²) in [5, 5.41) is 0. The molecule has 0 unspecified atom stereocenters. The monoisotopic (exact) mass is 199 g/mol. The maximum Gasteiger partial charge on any atom is 0.231 e. The van der Waals surface area contributed by atoms with Gasteiger partial charge in [-0.3, -0.25) is 0 Å². The third-order valence-corrected chi connectivity index (χ3v) is 2.07. The molecule has 0 fully saturated rings. The minimum atomic E-state index is -0.489. The van der Waals surface area contributed by atoms with Crippen molar-refractivity contribution in [1.29, 1.82) is 0 Å². The summed E-state index contributed by atoms with van der Waals surface area (Å²) < 4.78 is 28.5. The highest BCUT2D eigenvalue weighted by molar-refractivity contribution is 5.55. The summed E-state index contributed by atoms with van der Waals surface area (Å²) >= 11 is 0. The Morgan fingerprint density at radius 2 is 2.36 bits per heavy atom. The third kappa shape index (κ3) is 1.17. The summed E-state index contributed by atoms with van der Waals surface area (Å²) in [6.45, 7) is 0.238. The van der Waals surface area contributed by atoms with Crippen LogP contribution in [0.1, 0.15) is 5.56 Å². The zero-order valence-corrected chi connectivity index (χ0v) is 7.67. The standard InChI is InChI=1S/C9H10FNO3/c1-12-8-5(3-11)9-7(2-6(8)10)13-4-14-9/h2H,3-4,11H2,1H3. The molecule has 14 heavy (non-hydrogen) atoms. The first-order valence-electron chi connectivity index (χ1n) is 4.13. The first-order chi connectivity index (χ1) is 6.77. The predicted octanol–water partition coefficient (Wildman–Crippen LogP) is 1.02. The molecule has 0 radical (unpaired) electrons. The molecule has 1 aromatic rings. The van der Waals surface area contributed by atoms with Gasteiger partial charge in [0.2, 0.25) is 6.79 Å². The molecule has 0 saturated heterocycles. The molecule has 1 heterocycles. The number of nitrogens with two attached hydrogens (primary N) is 1. The van der Waals surface area contributed by atoms with E-state index in [9.17, 15) is 4.39 Å². The van der Waals surface area contributed by atoms with Crippen molar-refractivity contribution in [2.75, 3.05) is 13.9 Å². The Labute approximate surface area is 80.4 Å². The first kappa shape index (κ1) is 9.08. The SMILES string of the molecule is COc1c(F)cc2c(c1CN)OCO2. The molecule has 4 nitrogen and oxygen atoms in total. The molecule has 1 aromatic carbocycles. The molecule has 0 aromatic heterocycles. The van der Waals surface area contributed by atoms with Gasteiger partial charge < -0.3 is 19.9 Å². The molecule has 2 rings (SSSR count). The fourth-order valence-corrected chi connectivity index (χ4v) is 1.47. The van der Waals surface area contributed by atoms with Gasteiger partial charge in [-0.1, -0.05) is 0 Å². The van der Waals surface area contributed by atoms with E-state index < -0.39 is 5.82 Å². The van der Waals surface area contributed by atoms with E-state index in [1.165, 1.54) is 13.2 Å². The summed E-state index contributed by atoms with van der Waals surface area (Å²) in [5.41, 5.74) is 5.99. The average molecular weight is 199 g/mol. The highest BCUT2D eigenvalue weighted by Gasteiger charge is 2.24. The number of rotatable bonds is 2. The second-order valence-electron chi connectivity index (χ2n) is 2.81. The minimum Gasteiger partial charge on any atom is -0.493 e. The van der Waals surface area contributed by atoms with Crippen LogP contribution in [0.2, 0.25) is 0 Å². The van der Waals surface area contributed by atoms with Crippen LogP contribution in [0.3, 0.4) is 0 Å². The van der Waals surface area contributed by atoms with Crippen LogP contribution < -0.4 is 19.9 Å². The summed E-state index contributed by atoms with van der Waals surface area (Å²) in [6, 6.07) is 1.24. The van der Waals surface area contributed by atoms with E-state index in [1.54, 1.807) is 0 Å². The number of fused-ring (bicyclic) bond motifs is 1. The summed E-state index contributed by atoms with van der Waals surface area (Å²) in [5.74, 6) is 0.489. The van der Waals surface area contributed by atoms with Crippen molar-refractivity contribution in [3.05, 3.63) is 17.4 Å². The lowest BCUT2D eigenvalue weighted by Crippen LogP contribution is -2.03. The highest BCUT2D eigenvalue weighted by atomic mass is 19.1. The van der Waals surface area contributed by atoms with Gasteiger partial charge in [-0.2, -0.15) is 0 Å². The molecule has 0 bridgehead atoms. The molecule has 0 amide bonds. The van der Waals surface area contributed by atoms with E-state index in [1.807, 2.05) is 0 Å². The maximum atomic E-state index is 13.4. The predicted molar refractivity (Wildman–Crippen MR) is 47.0 cm³/mol. The van der Waals surface area contributed by atoms with Crippen LogP contribution in [-0.2, 0) is 6.54 Å². The average Bonchev–Trinajstić information content (AvgIpc) is 2.62. The van der Waals surface area contributed by atoms with Gasteiger partial charge in [-0.15, -0.1) is 0 Å². The van der Waals surface area contributed by atoms with Gasteiger partial charge in [0.05, 0.1) is 12.7 Å². The van der Waals surface area contributed by atoms with Crippen LogP contribution in [0.5, 0.6) is 17.2 Å². The fourth-order valence-electron chi connectivity index (χ4n) is 1.47. The molecule has 0 aliphatic carbocycles. The van der Waals surface area contributed by atoms with Crippen molar-refractivity contribution in [2.45, 2.75) is 6.54 Å². The van der Waals surface area contributed by atoms with Crippen LogP contribution in [0.15, 0.2) is 6.07 Å². The van der Waals surface area contributed by atoms with Gasteiger partial charge >= 0.3 is 0 Å². The van der Waals surface area contributed by atoms with Crippen LogP contribution in [0.4, 0.5) is 4.39 Å². The van der Waals surface area contributed by atoms with Crippen molar-refractivity contribution >= 4 is 0 Å². The van der Waals surface area contributed by atoms with Gasteiger partial charge in [0, 0.05) is 12.6 Å². The van der Waals surface area contributed by atoms with E-state index in [0.29, 0.717) is 17.1 Å². The second kappa shape index (κ2) is 3.34. The third-order valence-electron chi connectivity index (χ3n) is 2.07. The second-order valence-corrected chi connectivity index (χ2v) is 2.81. The number of hydrogen-bond acceptors (Lipinski definition) is 4. The Hall–Kier alpha value is -1.49. The van der Waals surface area contributed by atoms with E-state index in [0.717, 1.165) is 0 Å². The molecular formula is C9H10FNO3. The van der Waals surface area contributed by atoms with Gasteiger partial charge in [0.25, 0.3) is 0 Å². The normalized spacial score (nSPS) is 13.1. The van der Waals surface area contributed by atoms with Gasteiger partial charge in [0.15, 0.2) is 23.1 Å². The first-order valence-corrected chi connectivity index (χ1v) is 4.13. The van der Waals surface area contributed by atoms with Crippen LogP contribution in [0, 0.1) is 5.82 Å². The molecular weight excluding hydrogens is 189 g/mol. The van der Waals surface area contributed by atoms with Gasteiger partial charge in [0.1, 0.15) is 0 Å². The van der Waals surface area contributed by atoms with Gasteiger partial charge in [-0.25, -0.2) is 4.39 Å². The Morgan fingerprint density at radius 3 is 3.00 bits per heavy atom. The Morgan fingerprint density at radius 1 is 1.57 bits per heavy atom. The molecule has 0 saturated carbocycles. The van der Waals surface area contributed by atoms with Crippen molar-refractivity contribution in [3.63, 3.8) is 0 Å². The van der Waals surface area contributed by atoms with Crippen molar-refractivity contribution in [3.8, 4) is 17.2 Å². The zero-order valence-electron chi connectivity index (χ0n) is 7.67. The van der Waals surface area contributed by atoms with Crippen LogP contribution in [-0.4, -0.2) is 13.9 Å². The van der Waals surface area contributed by atoms with Crippen LogP contribution >= 0.6 is 0 Å². The molecule has 76 valence electrons. The Bertz CT molecular complexity index is 364. The lowest BCUT2D eigenvalue weighted by Gasteiger charge is -2.10. The summed E-state index contributed by atoms with van der Waals surface area (Å²) in [7, 11) is 1.39. The fraction of sp³-hybridized carbons (Fsp3) is 0.333. The number of halogens is 1. The topological polar surface area (TPSA) is 53.7 Å². The van der Waals surface area contributed by atoms with E-state index in [4.69, 9.17) is 19.9 Å². The largest absolute Gasteiger partial charge is 0.493 e. The molecule has 5 heteroatoms. The summed E-state index contributed by atoms with van der Waals surface area (Å²) in [6.07, 6.45) is 0.